The SMILES string of the molecule is COCCn1cc(Nc2ccc(C)c([N+](=O)[O-])c2)cn1. The van der Waals surface area contributed by atoms with Gasteiger partial charge in [-0.25, -0.2) is 0 Å². The zero-order chi connectivity index (χ0) is 14.5. The van der Waals surface area contributed by atoms with E-state index < -0.39 is 0 Å². The number of aromatic nitrogens is 2. The van der Waals surface area contributed by atoms with Crippen LogP contribution in [0.3, 0.4) is 0 Å². The maximum Gasteiger partial charge on any atom is 0.274 e. The molecule has 1 aromatic carbocycles. The number of rotatable bonds is 6. The minimum atomic E-state index is -0.386. The summed E-state index contributed by atoms with van der Waals surface area (Å²) in [5.74, 6) is 0. The van der Waals surface area contributed by atoms with Crippen molar-refractivity contribution in [1.29, 1.82) is 0 Å². The van der Waals surface area contributed by atoms with E-state index in [1.54, 1.807) is 37.0 Å². The van der Waals surface area contributed by atoms with Gasteiger partial charge in [0.15, 0.2) is 0 Å². The Balaban J connectivity index is 2.11. The fourth-order valence-electron chi connectivity index (χ4n) is 1.79. The Kier molecular flexibility index (Phi) is 4.31. The number of nitro groups is 1. The van der Waals surface area contributed by atoms with Crippen molar-refractivity contribution in [3.05, 3.63) is 46.3 Å². The van der Waals surface area contributed by atoms with E-state index in [1.165, 1.54) is 6.07 Å². The highest BCUT2D eigenvalue weighted by atomic mass is 16.6. The van der Waals surface area contributed by atoms with Crippen molar-refractivity contribution in [1.82, 2.24) is 9.78 Å². The van der Waals surface area contributed by atoms with Crippen LogP contribution in [0.1, 0.15) is 5.56 Å². The topological polar surface area (TPSA) is 82.2 Å². The van der Waals surface area contributed by atoms with Gasteiger partial charge in [0, 0.05) is 30.6 Å². The Morgan fingerprint density at radius 3 is 2.95 bits per heavy atom. The molecule has 0 fully saturated rings. The molecule has 0 aliphatic heterocycles. The smallest absolute Gasteiger partial charge is 0.274 e. The molecule has 7 heteroatoms. The van der Waals surface area contributed by atoms with Gasteiger partial charge in [-0.05, 0) is 13.0 Å². The quantitative estimate of drug-likeness (QED) is 0.647. The van der Waals surface area contributed by atoms with Crippen LogP contribution in [-0.2, 0) is 11.3 Å². The van der Waals surface area contributed by atoms with Crippen LogP contribution >= 0.6 is 0 Å². The number of anilines is 2. The normalized spacial score (nSPS) is 10.5. The van der Waals surface area contributed by atoms with Crippen molar-refractivity contribution >= 4 is 17.1 Å². The third-order valence-corrected chi connectivity index (χ3v) is 2.85. The lowest BCUT2D eigenvalue weighted by Crippen LogP contribution is -2.03. The van der Waals surface area contributed by atoms with Crippen molar-refractivity contribution in [2.45, 2.75) is 13.5 Å². The molecule has 1 N–H and O–H groups in total. The molecule has 0 aliphatic rings. The molecule has 2 rings (SSSR count). The number of ether oxygens (including phenoxy) is 1. The molecule has 20 heavy (non-hydrogen) atoms. The highest BCUT2D eigenvalue weighted by Crippen LogP contribution is 2.24. The van der Waals surface area contributed by atoms with Gasteiger partial charge in [-0.2, -0.15) is 5.10 Å². The molecule has 0 amide bonds. The zero-order valence-electron chi connectivity index (χ0n) is 11.4. The van der Waals surface area contributed by atoms with Gasteiger partial charge in [0.1, 0.15) is 0 Å². The highest BCUT2D eigenvalue weighted by Gasteiger charge is 2.11. The molecule has 2 aromatic rings. The fraction of sp³-hybridized carbons (Fsp3) is 0.308. The molecule has 1 aromatic heterocycles. The van der Waals surface area contributed by atoms with Gasteiger partial charge in [-0.3, -0.25) is 14.8 Å². The third kappa shape index (κ3) is 3.33. The first-order chi connectivity index (χ1) is 9.60. The summed E-state index contributed by atoms with van der Waals surface area (Å²) < 4.78 is 6.72. The first kappa shape index (κ1) is 14.0. The van der Waals surface area contributed by atoms with Crippen LogP contribution in [-0.4, -0.2) is 28.4 Å². The van der Waals surface area contributed by atoms with E-state index in [2.05, 4.69) is 10.4 Å². The molecule has 1 heterocycles. The average molecular weight is 276 g/mol. The Hall–Kier alpha value is -2.41. The molecule has 106 valence electrons. The van der Waals surface area contributed by atoms with Crippen LogP contribution in [0, 0.1) is 17.0 Å². The molecule has 0 saturated heterocycles. The minimum absolute atomic E-state index is 0.0989. The summed E-state index contributed by atoms with van der Waals surface area (Å²) in [7, 11) is 1.63. The lowest BCUT2D eigenvalue weighted by Gasteiger charge is -2.04. The minimum Gasteiger partial charge on any atom is -0.383 e. The Morgan fingerprint density at radius 2 is 2.25 bits per heavy atom. The van der Waals surface area contributed by atoms with Crippen LogP contribution in [0.25, 0.3) is 0 Å². The van der Waals surface area contributed by atoms with E-state index >= 15 is 0 Å². The summed E-state index contributed by atoms with van der Waals surface area (Å²) >= 11 is 0. The summed E-state index contributed by atoms with van der Waals surface area (Å²) in [5, 5.41) is 18.2. The van der Waals surface area contributed by atoms with Crippen LogP contribution in [0.5, 0.6) is 0 Å². The maximum atomic E-state index is 10.9. The van der Waals surface area contributed by atoms with Gasteiger partial charge < -0.3 is 10.1 Å². The second-order valence-electron chi connectivity index (χ2n) is 4.37. The van der Waals surface area contributed by atoms with E-state index in [0.717, 1.165) is 5.69 Å². The highest BCUT2D eigenvalue weighted by molar-refractivity contribution is 5.62. The number of nitrogens with one attached hydrogen (secondary N) is 1. The maximum absolute atomic E-state index is 10.9. The number of nitro benzene ring substituents is 1. The van der Waals surface area contributed by atoms with Gasteiger partial charge in [-0.1, -0.05) is 6.07 Å². The van der Waals surface area contributed by atoms with E-state index in [-0.39, 0.29) is 10.6 Å². The summed E-state index contributed by atoms with van der Waals surface area (Å²) in [6, 6.07) is 5.03. The van der Waals surface area contributed by atoms with Gasteiger partial charge >= 0.3 is 0 Å². The first-order valence-corrected chi connectivity index (χ1v) is 6.13. The monoisotopic (exact) mass is 276 g/mol. The van der Waals surface area contributed by atoms with E-state index in [1.807, 2.05) is 6.20 Å². The molecule has 0 bridgehead atoms. The summed E-state index contributed by atoms with van der Waals surface area (Å²) in [6.07, 6.45) is 3.49. The van der Waals surface area contributed by atoms with Gasteiger partial charge in [0.25, 0.3) is 5.69 Å². The number of methoxy groups -OCH3 is 1. The van der Waals surface area contributed by atoms with Crippen LogP contribution in [0.15, 0.2) is 30.6 Å². The molecule has 0 aliphatic carbocycles. The predicted molar refractivity (Wildman–Crippen MR) is 75.2 cm³/mol. The molecule has 0 atom stereocenters. The van der Waals surface area contributed by atoms with Crippen molar-refractivity contribution in [3.8, 4) is 0 Å². The van der Waals surface area contributed by atoms with E-state index in [4.69, 9.17) is 4.74 Å². The van der Waals surface area contributed by atoms with Crippen LogP contribution < -0.4 is 5.32 Å². The largest absolute Gasteiger partial charge is 0.383 e. The van der Waals surface area contributed by atoms with Crippen molar-refractivity contribution in [2.75, 3.05) is 19.0 Å². The predicted octanol–water partition coefficient (Wildman–Crippen LogP) is 2.49. The second kappa shape index (κ2) is 6.16. The molecular weight excluding hydrogens is 260 g/mol. The van der Waals surface area contributed by atoms with Crippen molar-refractivity contribution in [2.24, 2.45) is 0 Å². The zero-order valence-corrected chi connectivity index (χ0v) is 11.4. The molecule has 0 unspecified atom stereocenters. The first-order valence-electron chi connectivity index (χ1n) is 6.13. The van der Waals surface area contributed by atoms with Crippen LogP contribution in [0.4, 0.5) is 17.1 Å². The summed E-state index contributed by atoms with van der Waals surface area (Å²) in [4.78, 5) is 10.5. The molecular formula is C13H16N4O3. The lowest BCUT2D eigenvalue weighted by atomic mass is 10.2. The fourth-order valence-corrected chi connectivity index (χ4v) is 1.79. The molecule has 0 spiro atoms. The molecule has 0 saturated carbocycles. The third-order valence-electron chi connectivity index (χ3n) is 2.85. The van der Waals surface area contributed by atoms with E-state index in [9.17, 15) is 10.1 Å². The van der Waals surface area contributed by atoms with Crippen molar-refractivity contribution in [3.63, 3.8) is 0 Å². The van der Waals surface area contributed by atoms with Crippen molar-refractivity contribution < 1.29 is 9.66 Å². The Bertz CT molecular complexity index is 609. The standard InChI is InChI=1S/C13H16N4O3/c1-10-3-4-11(7-13(10)17(18)19)15-12-8-14-16(9-12)5-6-20-2/h3-4,7-9,15H,5-6H2,1-2H3. The van der Waals surface area contributed by atoms with Gasteiger partial charge in [0.2, 0.25) is 0 Å². The van der Waals surface area contributed by atoms with Gasteiger partial charge in [0.05, 0.1) is 30.0 Å². The second-order valence-corrected chi connectivity index (χ2v) is 4.37. The van der Waals surface area contributed by atoms with Crippen LogP contribution in [0.2, 0.25) is 0 Å². The lowest BCUT2D eigenvalue weighted by molar-refractivity contribution is -0.385. The van der Waals surface area contributed by atoms with E-state index in [0.29, 0.717) is 24.4 Å². The number of aryl methyl sites for hydroxylation is 1. The Labute approximate surface area is 116 Å². The number of hydrogen-bond donors (Lipinski definition) is 1. The molecule has 0 radical (unpaired) electrons. The molecule has 7 nitrogen and oxygen atoms in total. The number of benzene rings is 1. The summed E-state index contributed by atoms with van der Waals surface area (Å²) in [6.45, 7) is 2.95. The summed E-state index contributed by atoms with van der Waals surface area (Å²) in [5.41, 5.74) is 2.17. The van der Waals surface area contributed by atoms with Gasteiger partial charge in [-0.15, -0.1) is 0 Å². The number of hydrogen-bond acceptors (Lipinski definition) is 5. The Morgan fingerprint density at radius 1 is 1.45 bits per heavy atom. The number of nitrogens with zero attached hydrogens (tertiary/aromatic N) is 3. The average Bonchev–Trinajstić information content (AvgIpc) is 2.86.